The van der Waals surface area contributed by atoms with Gasteiger partial charge in [-0.2, -0.15) is 0 Å². The van der Waals surface area contributed by atoms with Gasteiger partial charge in [0.05, 0.1) is 6.42 Å². The van der Waals surface area contributed by atoms with Gasteiger partial charge in [0.15, 0.2) is 0 Å². The molecule has 3 atom stereocenters. The average molecular weight is 293 g/mol. The number of carboxylic acid groups (broad SMARTS) is 1. The molecule has 0 unspecified atom stereocenters. The molecule has 0 radical (unpaired) electrons. The average Bonchev–Trinajstić information content (AvgIpc) is 3.02. The number of aliphatic carboxylic acids is 1. The molecule has 2 heterocycles. The molecule has 1 saturated heterocycles. The van der Waals surface area contributed by atoms with E-state index < -0.39 is 12.0 Å². The van der Waals surface area contributed by atoms with Gasteiger partial charge in [-0.25, -0.2) is 4.79 Å². The highest BCUT2D eigenvalue weighted by Crippen LogP contribution is 2.42. The molecule has 0 spiro atoms. The molecule has 2 aliphatic rings. The van der Waals surface area contributed by atoms with Crippen LogP contribution in [0.1, 0.15) is 29.0 Å². The Labute approximate surface area is 122 Å². The number of nitrogens with zero attached hydrogens (tertiary/aromatic N) is 1. The molecule has 1 aromatic rings. The van der Waals surface area contributed by atoms with Gasteiger partial charge in [-0.05, 0) is 43.7 Å². The van der Waals surface area contributed by atoms with Crippen molar-refractivity contribution in [2.75, 3.05) is 6.54 Å². The van der Waals surface area contributed by atoms with E-state index in [0.29, 0.717) is 18.9 Å². The van der Waals surface area contributed by atoms with Crippen LogP contribution in [0, 0.1) is 18.8 Å². The molecular formula is C15H19NO3S. The number of thiophene rings is 1. The van der Waals surface area contributed by atoms with Gasteiger partial charge in [0.1, 0.15) is 6.04 Å². The Balaban J connectivity index is 1.75. The van der Waals surface area contributed by atoms with Gasteiger partial charge in [-0.3, -0.25) is 4.79 Å². The van der Waals surface area contributed by atoms with Crippen LogP contribution in [0.3, 0.4) is 0 Å². The molecule has 3 rings (SSSR count). The van der Waals surface area contributed by atoms with Crippen molar-refractivity contribution in [1.82, 2.24) is 4.90 Å². The zero-order chi connectivity index (χ0) is 14.3. The minimum Gasteiger partial charge on any atom is -0.480 e. The van der Waals surface area contributed by atoms with E-state index in [4.69, 9.17) is 0 Å². The summed E-state index contributed by atoms with van der Waals surface area (Å²) in [5.41, 5.74) is 0. The second-order valence-corrected chi connectivity index (χ2v) is 7.25. The Bertz CT molecular complexity index is 539. The maximum absolute atomic E-state index is 12.4. The Morgan fingerprint density at radius 1 is 1.40 bits per heavy atom. The molecule has 20 heavy (non-hydrogen) atoms. The molecule has 1 amide bonds. The lowest BCUT2D eigenvalue weighted by atomic mass is 9.94. The van der Waals surface area contributed by atoms with Crippen LogP contribution in [0.15, 0.2) is 12.1 Å². The van der Waals surface area contributed by atoms with Crippen LogP contribution in [0.5, 0.6) is 0 Å². The van der Waals surface area contributed by atoms with Gasteiger partial charge in [-0.15, -0.1) is 11.3 Å². The summed E-state index contributed by atoms with van der Waals surface area (Å²) in [7, 11) is 0. The van der Waals surface area contributed by atoms with Crippen LogP contribution >= 0.6 is 11.3 Å². The molecule has 1 aliphatic heterocycles. The molecule has 2 fully saturated rings. The van der Waals surface area contributed by atoms with E-state index in [9.17, 15) is 14.7 Å². The normalized spacial score (nSPS) is 28.6. The first-order valence-electron chi connectivity index (χ1n) is 7.14. The van der Waals surface area contributed by atoms with Crippen molar-refractivity contribution >= 4 is 23.2 Å². The lowest BCUT2D eigenvalue weighted by Gasteiger charge is -2.24. The molecule has 0 aromatic carbocycles. The van der Waals surface area contributed by atoms with Crippen molar-refractivity contribution in [1.29, 1.82) is 0 Å². The molecule has 1 aliphatic carbocycles. The van der Waals surface area contributed by atoms with E-state index in [1.807, 2.05) is 19.1 Å². The zero-order valence-corrected chi connectivity index (χ0v) is 12.4. The summed E-state index contributed by atoms with van der Waals surface area (Å²) in [6.07, 6.45) is 3.45. The third-order valence-corrected chi connectivity index (χ3v) is 5.59. The van der Waals surface area contributed by atoms with E-state index in [2.05, 4.69) is 0 Å². The van der Waals surface area contributed by atoms with Crippen LogP contribution < -0.4 is 0 Å². The predicted molar refractivity (Wildman–Crippen MR) is 76.7 cm³/mol. The summed E-state index contributed by atoms with van der Waals surface area (Å²) < 4.78 is 0. The summed E-state index contributed by atoms with van der Waals surface area (Å²) in [5, 5.41) is 9.46. The van der Waals surface area contributed by atoms with Crippen molar-refractivity contribution in [2.45, 2.75) is 38.6 Å². The third-order valence-electron chi connectivity index (χ3n) is 4.59. The molecular weight excluding hydrogens is 274 g/mol. The minimum absolute atomic E-state index is 0.0337. The maximum Gasteiger partial charge on any atom is 0.326 e. The fraction of sp³-hybridized carbons (Fsp3) is 0.600. The van der Waals surface area contributed by atoms with Crippen molar-refractivity contribution in [3.05, 3.63) is 21.9 Å². The van der Waals surface area contributed by atoms with E-state index in [0.717, 1.165) is 24.1 Å². The Morgan fingerprint density at radius 2 is 2.20 bits per heavy atom. The van der Waals surface area contributed by atoms with Gasteiger partial charge >= 0.3 is 5.97 Å². The van der Waals surface area contributed by atoms with E-state index in [-0.39, 0.29) is 11.8 Å². The minimum atomic E-state index is -0.838. The highest BCUT2D eigenvalue weighted by molar-refractivity contribution is 7.12. The standard InChI is InChI=1S/C15H19NO3S/c1-9-5-6-11(20-9)7-13(17)16-8-10-3-2-4-12(10)14(16)15(18)19/h5-6,10,12,14H,2-4,7-8H2,1H3,(H,18,19)/t10-,12-,14+/m0/s1. The highest BCUT2D eigenvalue weighted by Gasteiger charge is 2.49. The molecule has 4 nitrogen and oxygen atoms in total. The summed E-state index contributed by atoms with van der Waals surface area (Å²) in [6, 6.07) is 3.36. The summed E-state index contributed by atoms with van der Waals surface area (Å²) in [6.45, 7) is 2.64. The number of aryl methyl sites for hydroxylation is 1. The molecule has 1 N–H and O–H groups in total. The molecule has 5 heteroatoms. The van der Waals surface area contributed by atoms with Crippen LogP contribution in [0.4, 0.5) is 0 Å². The number of carboxylic acids is 1. The second-order valence-electron chi connectivity index (χ2n) is 5.87. The predicted octanol–water partition coefficient (Wildman–Crippen LogP) is 2.31. The summed E-state index contributed by atoms with van der Waals surface area (Å²) in [5.74, 6) is -0.310. The summed E-state index contributed by atoms with van der Waals surface area (Å²) in [4.78, 5) is 27.8. The van der Waals surface area contributed by atoms with Crippen molar-refractivity contribution in [3.63, 3.8) is 0 Å². The van der Waals surface area contributed by atoms with E-state index in [1.54, 1.807) is 16.2 Å². The molecule has 1 aromatic heterocycles. The maximum atomic E-state index is 12.4. The Hall–Kier alpha value is -1.36. The lowest BCUT2D eigenvalue weighted by Crippen LogP contribution is -2.43. The smallest absolute Gasteiger partial charge is 0.326 e. The first-order chi connectivity index (χ1) is 9.56. The van der Waals surface area contributed by atoms with Crippen molar-refractivity contribution < 1.29 is 14.7 Å². The number of carbonyl (C=O) groups excluding carboxylic acids is 1. The number of rotatable bonds is 3. The monoisotopic (exact) mass is 293 g/mol. The largest absolute Gasteiger partial charge is 0.480 e. The number of fused-ring (bicyclic) bond motifs is 1. The topological polar surface area (TPSA) is 57.6 Å². The third kappa shape index (κ3) is 2.35. The van der Waals surface area contributed by atoms with Crippen molar-refractivity contribution in [3.8, 4) is 0 Å². The van der Waals surface area contributed by atoms with Gasteiger partial charge in [0, 0.05) is 16.3 Å². The van der Waals surface area contributed by atoms with Gasteiger partial charge in [-0.1, -0.05) is 6.42 Å². The lowest BCUT2D eigenvalue weighted by molar-refractivity contribution is -0.149. The van der Waals surface area contributed by atoms with Crippen LogP contribution in [-0.2, 0) is 16.0 Å². The first-order valence-corrected chi connectivity index (χ1v) is 7.95. The number of carbonyl (C=O) groups is 2. The summed E-state index contributed by atoms with van der Waals surface area (Å²) >= 11 is 1.61. The Kier molecular flexibility index (Phi) is 3.54. The second kappa shape index (κ2) is 5.20. The number of likely N-dealkylation sites (tertiary alicyclic amines) is 1. The fourth-order valence-electron chi connectivity index (χ4n) is 3.71. The highest BCUT2D eigenvalue weighted by atomic mass is 32.1. The van der Waals surface area contributed by atoms with E-state index in [1.165, 1.54) is 4.88 Å². The number of hydrogen-bond donors (Lipinski definition) is 1. The van der Waals surface area contributed by atoms with Crippen molar-refractivity contribution in [2.24, 2.45) is 11.8 Å². The van der Waals surface area contributed by atoms with Crippen LogP contribution in [0.25, 0.3) is 0 Å². The Morgan fingerprint density at radius 3 is 2.85 bits per heavy atom. The number of amides is 1. The zero-order valence-electron chi connectivity index (χ0n) is 11.5. The molecule has 1 saturated carbocycles. The first kappa shape index (κ1) is 13.6. The van der Waals surface area contributed by atoms with Gasteiger partial charge < -0.3 is 10.0 Å². The molecule has 108 valence electrons. The van der Waals surface area contributed by atoms with Crippen LogP contribution in [-0.4, -0.2) is 34.5 Å². The SMILES string of the molecule is Cc1ccc(CC(=O)N2C[C@@H]3CCC[C@@H]3[C@@H]2C(=O)O)s1. The van der Waals surface area contributed by atoms with Gasteiger partial charge in [0.2, 0.25) is 5.91 Å². The van der Waals surface area contributed by atoms with E-state index >= 15 is 0 Å². The quantitative estimate of drug-likeness (QED) is 0.930. The van der Waals surface area contributed by atoms with Gasteiger partial charge in [0.25, 0.3) is 0 Å². The van der Waals surface area contributed by atoms with Crippen LogP contribution in [0.2, 0.25) is 0 Å². The molecule has 0 bridgehead atoms. The fourth-order valence-corrected chi connectivity index (χ4v) is 4.59. The number of hydrogen-bond acceptors (Lipinski definition) is 3.